The van der Waals surface area contributed by atoms with Crippen LogP contribution in [0.15, 0.2) is 66.8 Å². The van der Waals surface area contributed by atoms with Crippen molar-refractivity contribution in [3.8, 4) is 16.9 Å². The van der Waals surface area contributed by atoms with E-state index in [4.69, 9.17) is 4.74 Å². The Morgan fingerprint density at radius 2 is 1.58 bits per heavy atom. The molecule has 2 aromatic carbocycles. The summed E-state index contributed by atoms with van der Waals surface area (Å²) < 4.78 is 5.82. The Kier molecular flexibility index (Phi) is 7.67. The van der Waals surface area contributed by atoms with E-state index in [-0.39, 0.29) is 0 Å². The van der Waals surface area contributed by atoms with Crippen molar-refractivity contribution >= 4 is 0 Å². The smallest absolute Gasteiger partial charge is 0.119 e. The molecule has 0 N–H and O–H groups in total. The maximum atomic E-state index is 5.82. The van der Waals surface area contributed by atoms with Gasteiger partial charge in [-0.05, 0) is 117 Å². The lowest BCUT2D eigenvalue weighted by Crippen LogP contribution is -2.26. The summed E-state index contributed by atoms with van der Waals surface area (Å²) in [6.07, 6.45) is 19.4. The number of fused-ring (bicyclic) bond motifs is 1. The van der Waals surface area contributed by atoms with Crippen molar-refractivity contribution in [2.45, 2.75) is 65.2 Å². The van der Waals surface area contributed by atoms with Gasteiger partial charge in [0.2, 0.25) is 0 Å². The first-order valence-corrected chi connectivity index (χ1v) is 12.4. The maximum absolute atomic E-state index is 5.82. The molecule has 164 valence electrons. The highest BCUT2D eigenvalue weighted by Crippen LogP contribution is 2.40. The van der Waals surface area contributed by atoms with Crippen molar-refractivity contribution in [1.29, 1.82) is 0 Å². The van der Waals surface area contributed by atoms with Gasteiger partial charge in [-0.2, -0.15) is 0 Å². The molecule has 1 atom stereocenters. The summed E-state index contributed by atoms with van der Waals surface area (Å²) in [6, 6.07) is 15.8. The minimum absolute atomic E-state index is 0.737. The maximum Gasteiger partial charge on any atom is 0.119 e. The molecule has 0 saturated heterocycles. The van der Waals surface area contributed by atoms with Gasteiger partial charge in [-0.1, -0.05) is 54.6 Å². The molecule has 2 aromatic rings. The summed E-state index contributed by atoms with van der Waals surface area (Å²) in [5.41, 5.74) is 5.79. The van der Waals surface area contributed by atoms with Crippen LogP contribution in [0.4, 0.5) is 0 Å². The second-order valence-corrected chi connectivity index (χ2v) is 9.42. The molecule has 0 aliphatic heterocycles. The number of hydrogen-bond acceptors (Lipinski definition) is 1. The Balaban J connectivity index is 1.36. The predicted molar refractivity (Wildman–Crippen MR) is 133 cm³/mol. The van der Waals surface area contributed by atoms with Crippen LogP contribution in [0, 0.1) is 17.8 Å². The molecule has 0 radical (unpaired) electrons. The number of allylic oxidation sites excluding steroid dienone is 3. The molecule has 2 aliphatic rings. The largest absolute Gasteiger partial charge is 0.493 e. The molecule has 1 heteroatoms. The minimum Gasteiger partial charge on any atom is -0.493 e. The molecular weight excluding hydrogens is 376 g/mol. The summed E-state index contributed by atoms with van der Waals surface area (Å²) in [5.74, 6) is 3.63. The molecule has 2 aliphatic carbocycles. The van der Waals surface area contributed by atoms with Crippen molar-refractivity contribution in [3.63, 3.8) is 0 Å². The minimum atomic E-state index is 0.737. The summed E-state index contributed by atoms with van der Waals surface area (Å²) >= 11 is 0. The third-order valence-corrected chi connectivity index (χ3v) is 7.40. The van der Waals surface area contributed by atoms with Gasteiger partial charge in [0.25, 0.3) is 0 Å². The van der Waals surface area contributed by atoms with Gasteiger partial charge in [0.05, 0.1) is 6.61 Å². The van der Waals surface area contributed by atoms with Crippen LogP contribution < -0.4 is 4.74 Å². The Morgan fingerprint density at radius 1 is 0.806 bits per heavy atom. The molecule has 31 heavy (non-hydrogen) atoms. The first kappa shape index (κ1) is 21.9. The molecule has 1 fully saturated rings. The second kappa shape index (κ2) is 10.8. The molecule has 0 aromatic heterocycles. The first-order valence-electron chi connectivity index (χ1n) is 12.4. The zero-order valence-corrected chi connectivity index (χ0v) is 19.4. The number of hydrogen-bond donors (Lipinski definition) is 0. The highest BCUT2D eigenvalue weighted by molar-refractivity contribution is 5.66. The Bertz CT molecular complexity index is 881. The molecule has 1 saturated carbocycles. The summed E-state index contributed by atoms with van der Waals surface area (Å²) in [5, 5.41) is 0. The first-order chi connectivity index (χ1) is 15.3. The van der Waals surface area contributed by atoms with E-state index in [1.807, 2.05) is 6.92 Å². The van der Waals surface area contributed by atoms with Gasteiger partial charge in [0, 0.05) is 0 Å². The molecule has 1 unspecified atom stereocenters. The predicted octanol–water partition coefficient (Wildman–Crippen LogP) is 8.19. The van der Waals surface area contributed by atoms with Crippen LogP contribution in [0.3, 0.4) is 0 Å². The fourth-order valence-electron chi connectivity index (χ4n) is 5.60. The topological polar surface area (TPSA) is 9.23 Å². The number of aryl methyl sites for hydroxylation is 1. The zero-order chi connectivity index (χ0) is 21.5. The van der Waals surface area contributed by atoms with Gasteiger partial charge >= 0.3 is 0 Å². The molecule has 0 amide bonds. The number of ether oxygens (including phenoxy) is 1. The normalized spacial score (nSPS) is 23.9. The molecule has 4 rings (SSSR count). The van der Waals surface area contributed by atoms with Gasteiger partial charge in [-0.3, -0.25) is 0 Å². The lowest BCUT2D eigenvalue weighted by atomic mass is 9.69. The van der Waals surface area contributed by atoms with Crippen LogP contribution in [0.1, 0.15) is 63.5 Å². The molecule has 1 nitrogen and oxygen atoms in total. The van der Waals surface area contributed by atoms with Crippen molar-refractivity contribution in [2.24, 2.45) is 17.8 Å². The van der Waals surface area contributed by atoms with E-state index in [1.165, 1.54) is 56.1 Å². The van der Waals surface area contributed by atoms with Crippen LogP contribution in [0.25, 0.3) is 11.1 Å². The fourth-order valence-corrected chi connectivity index (χ4v) is 5.60. The van der Waals surface area contributed by atoms with E-state index in [1.54, 1.807) is 11.1 Å². The van der Waals surface area contributed by atoms with Crippen LogP contribution in [-0.4, -0.2) is 6.61 Å². The standard InChI is InChI=1S/C30H38O/c1-3-5-6-20-31-30-18-16-25(17-19-30)27-13-15-28-21-26(12-14-29(28)22-27)24-10-8-23(7-4-2)9-11-24/h3-5,7,13,15-19,22-24,26H,6,8-12,14,20-21H2,1-2H3/b5-3+,7-4+. The quantitative estimate of drug-likeness (QED) is 0.328. The Morgan fingerprint density at radius 3 is 2.32 bits per heavy atom. The third-order valence-electron chi connectivity index (χ3n) is 7.40. The zero-order valence-electron chi connectivity index (χ0n) is 19.4. The van der Waals surface area contributed by atoms with Crippen LogP contribution in [0.5, 0.6) is 5.75 Å². The fraction of sp³-hybridized carbons (Fsp3) is 0.467. The SMILES string of the molecule is C/C=C/CCOc1ccc(-c2ccc3c(c2)CCC(C2CCC(/C=C/C)CC2)C3)cc1. The van der Waals surface area contributed by atoms with E-state index in [0.29, 0.717) is 0 Å². The monoisotopic (exact) mass is 414 g/mol. The van der Waals surface area contributed by atoms with Crippen molar-refractivity contribution in [1.82, 2.24) is 0 Å². The van der Waals surface area contributed by atoms with Crippen LogP contribution in [0.2, 0.25) is 0 Å². The van der Waals surface area contributed by atoms with Crippen molar-refractivity contribution in [2.75, 3.05) is 6.61 Å². The summed E-state index contributed by atoms with van der Waals surface area (Å²) in [6.45, 7) is 4.94. The van der Waals surface area contributed by atoms with Gasteiger partial charge in [-0.25, -0.2) is 0 Å². The highest BCUT2D eigenvalue weighted by Gasteiger charge is 2.29. The second-order valence-electron chi connectivity index (χ2n) is 9.42. The van der Waals surface area contributed by atoms with Gasteiger partial charge in [0.1, 0.15) is 5.75 Å². The van der Waals surface area contributed by atoms with Crippen LogP contribution >= 0.6 is 0 Å². The van der Waals surface area contributed by atoms with Crippen LogP contribution in [-0.2, 0) is 12.8 Å². The highest BCUT2D eigenvalue weighted by atomic mass is 16.5. The summed E-state index contributed by atoms with van der Waals surface area (Å²) in [7, 11) is 0. The molecule has 0 bridgehead atoms. The van der Waals surface area contributed by atoms with Gasteiger partial charge < -0.3 is 4.74 Å². The van der Waals surface area contributed by atoms with E-state index in [0.717, 1.165) is 36.5 Å². The van der Waals surface area contributed by atoms with Gasteiger partial charge in [0.15, 0.2) is 0 Å². The molecular formula is C30H38O. The van der Waals surface area contributed by atoms with E-state index >= 15 is 0 Å². The summed E-state index contributed by atoms with van der Waals surface area (Å²) in [4.78, 5) is 0. The molecule has 0 heterocycles. The average molecular weight is 415 g/mol. The lowest BCUT2D eigenvalue weighted by Gasteiger charge is -2.36. The average Bonchev–Trinajstić information content (AvgIpc) is 2.82. The third kappa shape index (κ3) is 5.70. The molecule has 0 spiro atoms. The van der Waals surface area contributed by atoms with E-state index in [9.17, 15) is 0 Å². The van der Waals surface area contributed by atoms with E-state index < -0.39 is 0 Å². The Hall–Kier alpha value is -2.28. The van der Waals surface area contributed by atoms with Gasteiger partial charge in [-0.15, -0.1) is 0 Å². The Labute approximate surface area is 189 Å². The lowest BCUT2D eigenvalue weighted by molar-refractivity contribution is 0.206. The van der Waals surface area contributed by atoms with E-state index in [2.05, 4.69) is 73.7 Å². The number of benzene rings is 2. The van der Waals surface area contributed by atoms with Crippen molar-refractivity contribution in [3.05, 3.63) is 77.9 Å². The van der Waals surface area contributed by atoms with Crippen molar-refractivity contribution < 1.29 is 4.74 Å². The number of rotatable bonds is 7.